The van der Waals surface area contributed by atoms with Gasteiger partial charge >= 0.3 is 0 Å². The van der Waals surface area contributed by atoms with Gasteiger partial charge in [-0.1, -0.05) is 38.1 Å². The molecule has 29 heavy (non-hydrogen) atoms. The van der Waals surface area contributed by atoms with E-state index in [0.717, 1.165) is 11.3 Å². The van der Waals surface area contributed by atoms with Crippen LogP contribution in [0.4, 0.5) is 0 Å². The highest BCUT2D eigenvalue weighted by atomic mass is 16.5. The van der Waals surface area contributed by atoms with Crippen LogP contribution in [-0.2, 0) is 11.3 Å². The number of ether oxygens (including phenoxy) is 3. The molecule has 6 heteroatoms. The molecule has 0 aliphatic heterocycles. The third-order valence-electron chi connectivity index (χ3n) is 4.18. The molecule has 0 atom stereocenters. The van der Waals surface area contributed by atoms with Crippen molar-refractivity contribution < 1.29 is 19.0 Å². The Labute approximate surface area is 172 Å². The van der Waals surface area contributed by atoms with Gasteiger partial charge in [0.05, 0.1) is 12.7 Å². The lowest BCUT2D eigenvalue weighted by molar-refractivity contribution is -0.120. The Hall–Kier alpha value is -3.20. The lowest BCUT2D eigenvalue weighted by Gasteiger charge is -2.16. The summed E-state index contributed by atoms with van der Waals surface area (Å²) >= 11 is 0. The van der Waals surface area contributed by atoms with Gasteiger partial charge in [-0.15, -0.1) is 0 Å². The van der Waals surface area contributed by atoms with E-state index in [4.69, 9.17) is 19.5 Å². The van der Waals surface area contributed by atoms with Crippen LogP contribution in [0.15, 0.2) is 42.5 Å². The largest absolute Gasteiger partial charge is 0.490 e. The lowest BCUT2D eigenvalue weighted by atomic mass is 10.0. The molecule has 2 aromatic carbocycles. The molecule has 0 spiro atoms. The van der Waals surface area contributed by atoms with Crippen molar-refractivity contribution in [2.75, 3.05) is 19.8 Å². The van der Waals surface area contributed by atoms with E-state index in [-0.39, 0.29) is 12.3 Å². The summed E-state index contributed by atoms with van der Waals surface area (Å²) in [5, 5.41) is 11.2. The Kier molecular flexibility index (Phi) is 8.84. The minimum Gasteiger partial charge on any atom is -0.490 e. The summed E-state index contributed by atoms with van der Waals surface area (Å²) < 4.78 is 17.4. The summed E-state index contributed by atoms with van der Waals surface area (Å²) in [6.07, 6.45) is -0.153. The molecule has 0 saturated heterocycles. The van der Waals surface area contributed by atoms with E-state index in [1.807, 2.05) is 49.4 Å². The van der Waals surface area contributed by atoms with Gasteiger partial charge in [0.25, 0.3) is 0 Å². The number of carbonyl (C=O) groups excluding carboxylic acids is 1. The fourth-order valence-corrected chi connectivity index (χ4v) is 2.78. The lowest BCUT2D eigenvalue weighted by Crippen LogP contribution is -2.21. The zero-order valence-corrected chi connectivity index (χ0v) is 17.2. The maximum Gasteiger partial charge on any atom is 0.234 e. The van der Waals surface area contributed by atoms with Gasteiger partial charge in [0, 0.05) is 6.54 Å². The molecule has 2 aromatic rings. The smallest absolute Gasteiger partial charge is 0.234 e. The molecule has 154 valence electrons. The Morgan fingerprint density at radius 3 is 2.45 bits per heavy atom. The third kappa shape index (κ3) is 7.04. The number of nitrogens with zero attached hydrogens (tertiary/aromatic N) is 1. The summed E-state index contributed by atoms with van der Waals surface area (Å²) in [5.74, 6) is 2.20. The van der Waals surface area contributed by atoms with E-state index in [2.05, 4.69) is 25.2 Å². The van der Waals surface area contributed by atoms with Crippen molar-refractivity contribution in [3.8, 4) is 23.3 Å². The zero-order chi connectivity index (χ0) is 21.1. The number of rotatable bonds is 11. The summed E-state index contributed by atoms with van der Waals surface area (Å²) in [4.78, 5) is 11.4. The normalized spacial score (nSPS) is 10.3. The van der Waals surface area contributed by atoms with Crippen LogP contribution in [-0.4, -0.2) is 25.7 Å². The van der Waals surface area contributed by atoms with Crippen LogP contribution in [0.5, 0.6) is 17.2 Å². The second kappa shape index (κ2) is 11.6. The second-order valence-corrected chi connectivity index (χ2v) is 6.72. The summed E-state index contributed by atoms with van der Waals surface area (Å²) in [6, 6.07) is 15.4. The van der Waals surface area contributed by atoms with Gasteiger partial charge in [0.15, 0.2) is 11.5 Å². The Morgan fingerprint density at radius 1 is 1.03 bits per heavy atom. The Morgan fingerprint density at radius 2 is 1.76 bits per heavy atom. The van der Waals surface area contributed by atoms with Gasteiger partial charge in [-0.05, 0) is 42.2 Å². The van der Waals surface area contributed by atoms with E-state index in [0.29, 0.717) is 43.8 Å². The zero-order valence-electron chi connectivity index (χ0n) is 17.2. The maximum atomic E-state index is 11.4. The molecule has 0 aliphatic carbocycles. The number of nitriles is 1. The summed E-state index contributed by atoms with van der Waals surface area (Å²) in [5.41, 5.74) is 2.04. The third-order valence-corrected chi connectivity index (χ3v) is 4.18. The molecule has 0 fully saturated rings. The van der Waals surface area contributed by atoms with Crippen molar-refractivity contribution in [3.63, 3.8) is 0 Å². The predicted octanol–water partition coefficient (Wildman–Crippen LogP) is 4.20. The average Bonchev–Trinajstić information content (AvgIpc) is 2.71. The van der Waals surface area contributed by atoms with Crippen molar-refractivity contribution in [2.24, 2.45) is 0 Å². The number of amides is 1. The first-order valence-electron chi connectivity index (χ1n) is 9.79. The van der Waals surface area contributed by atoms with E-state index in [1.165, 1.54) is 5.56 Å². The van der Waals surface area contributed by atoms with Crippen LogP contribution in [0.3, 0.4) is 0 Å². The molecule has 0 heterocycles. The van der Waals surface area contributed by atoms with Gasteiger partial charge in [-0.25, -0.2) is 0 Å². The first-order chi connectivity index (χ1) is 14.0. The SMILES string of the molecule is CCOc1cc(CNC(=O)CC#N)ccc1OCCOc1ccccc1C(C)C. The van der Waals surface area contributed by atoms with Crippen LogP contribution in [0.25, 0.3) is 0 Å². The predicted molar refractivity (Wildman–Crippen MR) is 111 cm³/mol. The number of hydrogen-bond donors (Lipinski definition) is 1. The fraction of sp³-hybridized carbons (Fsp3) is 0.391. The van der Waals surface area contributed by atoms with Gasteiger partial charge in [0.2, 0.25) is 5.91 Å². The standard InChI is InChI=1S/C23H28N2O4/c1-4-27-22-15-18(16-25-23(26)11-12-24)9-10-21(22)29-14-13-28-20-8-6-5-7-19(20)17(2)3/h5-10,15,17H,4,11,13-14,16H2,1-3H3,(H,25,26). The van der Waals surface area contributed by atoms with Crippen LogP contribution < -0.4 is 19.5 Å². The molecule has 0 radical (unpaired) electrons. The highest BCUT2D eigenvalue weighted by Gasteiger charge is 2.09. The summed E-state index contributed by atoms with van der Waals surface area (Å²) in [7, 11) is 0. The molecule has 1 amide bonds. The average molecular weight is 396 g/mol. The quantitative estimate of drug-likeness (QED) is 0.576. The number of nitrogens with one attached hydrogen (secondary N) is 1. The van der Waals surface area contributed by atoms with Crippen LogP contribution in [0, 0.1) is 11.3 Å². The first-order valence-corrected chi connectivity index (χ1v) is 9.79. The fourth-order valence-electron chi connectivity index (χ4n) is 2.78. The molecule has 0 aromatic heterocycles. The highest BCUT2D eigenvalue weighted by Crippen LogP contribution is 2.29. The van der Waals surface area contributed by atoms with Gasteiger partial charge in [-0.2, -0.15) is 5.26 Å². The number of hydrogen-bond acceptors (Lipinski definition) is 5. The molecule has 0 aliphatic rings. The van der Waals surface area contributed by atoms with Gasteiger partial charge in [-0.3, -0.25) is 4.79 Å². The molecule has 0 unspecified atom stereocenters. The van der Waals surface area contributed by atoms with E-state index in [9.17, 15) is 4.79 Å². The van der Waals surface area contributed by atoms with Gasteiger partial charge < -0.3 is 19.5 Å². The Bertz CT molecular complexity index is 843. The van der Waals surface area contributed by atoms with Crippen molar-refractivity contribution in [2.45, 2.75) is 39.7 Å². The minimum atomic E-state index is -0.301. The van der Waals surface area contributed by atoms with Crippen molar-refractivity contribution in [1.29, 1.82) is 5.26 Å². The van der Waals surface area contributed by atoms with Crippen LogP contribution in [0.1, 0.15) is 44.2 Å². The monoisotopic (exact) mass is 396 g/mol. The molecule has 0 saturated carbocycles. The maximum absolute atomic E-state index is 11.4. The minimum absolute atomic E-state index is 0.153. The van der Waals surface area contributed by atoms with Crippen LogP contribution >= 0.6 is 0 Å². The van der Waals surface area contributed by atoms with Crippen molar-refractivity contribution in [1.82, 2.24) is 5.32 Å². The van der Waals surface area contributed by atoms with E-state index in [1.54, 1.807) is 0 Å². The van der Waals surface area contributed by atoms with Crippen LogP contribution in [0.2, 0.25) is 0 Å². The Balaban J connectivity index is 1.93. The number of para-hydroxylation sites is 1. The summed E-state index contributed by atoms with van der Waals surface area (Å²) in [6.45, 7) is 7.80. The molecule has 0 bridgehead atoms. The van der Waals surface area contributed by atoms with Crippen molar-refractivity contribution >= 4 is 5.91 Å². The van der Waals surface area contributed by atoms with Gasteiger partial charge in [0.1, 0.15) is 25.4 Å². The molecule has 1 N–H and O–H groups in total. The topological polar surface area (TPSA) is 80.6 Å². The highest BCUT2D eigenvalue weighted by molar-refractivity contribution is 5.77. The number of benzene rings is 2. The molecular weight excluding hydrogens is 368 g/mol. The van der Waals surface area contributed by atoms with E-state index < -0.39 is 0 Å². The van der Waals surface area contributed by atoms with Crippen molar-refractivity contribution in [3.05, 3.63) is 53.6 Å². The van der Waals surface area contributed by atoms with E-state index >= 15 is 0 Å². The second-order valence-electron chi connectivity index (χ2n) is 6.72. The molecule has 6 nitrogen and oxygen atoms in total. The molecular formula is C23H28N2O4. The molecule has 2 rings (SSSR count). The number of carbonyl (C=O) groups is 1. The first kappa shape index (κ1) is 22.1.